The molecule has 0 amide bonds. The van der Waals surface area contributed by atoms with E-state index in [0.29, 0.717) is 4.90 Å². The molecule has 106 valence electrons. The molecule has 1 atom stereocenters. The molecule has 0 bridgehead atoms. The van der Waals surface area contributed by atoms with Gasteiger partial charge in [0.15, 0.2) is 0 Å². The van der Waals surface area contributed by atoms with Gasteiger partial charge in [-0.05, 0) is 44.4 Å². The van der Waals surface area contributed by atoms with E-state index in [2.05, 4.69) is 15.8 Å². The zero-order chi connectivity index (χ0) is 14.2. The number of rotatable bonds is 3. The van der Waals surface area contributed by atoms with Crippen molar-refractivity contribution in [3.63, 3.8) is 0 Å². The summed E-state index contributed by atoms with van der Waals surface area (Å²) >= 11 is 1.45. The smallest absolute Gasteiger partial charge is 0.241 e. The zero-order valence-electron chi connectivity index (χ0n) is 11.2. The number of hydrogen-bond acceptors (Lipinski definition) is 4. The number of sulfonamides is 1. The van der Waals surface area contributed by atoms with Gasteiger partial charge in [-0.2, -0.15) is 0 Å². The van der Waals surface area contributed by atoms with Gasteiger partial charge in [0.05, 0.1) is 20.6 Å². The molecular weight excluding hydrogens is 292 g/mol. The maximum Gasteiger partial charge on any atom is 0.241 e. The first-order valence-corrected chi connectivity index (χ1v) is 8.87. The molecule has 0 saturated carbocycles. The van der Waals surface area contributed by atoms with E-state index in [1.54, 1.807) is 23.7 Å². The minimum absolute atomic E-state index is 0.310. The van der Waals surface area contributed by atoms with E-state index < -0.39 is 15.6 Å². The van der Waals surface area contributed by atoms with Gasteiger partial charge in [0.2, 0.25) is 10.0 Å². The first-order chi connectivity index (χ1) is 9.49. The lowest BCUT2D eigenvalue weighted by molar-refractivity contribution is 0.381. The minimum atomic E-state index is -3.49. The molecule has 1 aliphatic carbocycles. The van der Waals surface area contributed by atoms with Crippen molar-refractivity contribution in [3.05, 3.63) is 35.9 Å². The van der Waals surface area contributed by atoms with Crippen molar-refractivity contribution in [2.75, 3.05) is 0 Å². The highest BCUT2D eigenvalue weighted by atomic mass is 32.2. The second kappa shape index (κ2) is 4.95. The van der Waals surface area contributed by atoms with E-state index >= 15 is 0 Å². The Morgan fingerprint density at radius 2 is 2.20 bits per heavy atom. The Morgan fingerprint density at radius 1 is 1.35 bits per heavy atom. The lowest BCUT2D eigenvalue weighted by Gasteiger charge is -2.31. The normalized spacial score (nSPS) is 23.2. The van der Waals surface area contributed by atoms with Crippen LogP contribution in [0.25, 0.3) is 10.2 Å². The molecule has 1 aliphatic rings. The molecule has 0 aliphatic heterocycles. The highest BCUT2D eigenvalue weighted by Gasteiger charge is 2.30. The topological polar surface area (TPSA) is 59.1 Å². The van der Waals surface area contributed by atoms with Crippen LogP contribution in [0.4, 0.5) is 0 Å². The van der Waals surface area contributed by atoms with Crippen LogP contribution in [0.3, 0.4) is 0 Å². The van der Waals surface area contributed by atoms with Gasteiger partial charge >= 0.3 is 0 Å². The van der Waals surface area contributed by atoms with Crippen molar-refractivity contribution < 1.29 is 8.42 Å². The number of allylic oxidation sites excluding steroid dienone is 1. The van der Waals surface area contributed by atoms with Gasteiger partial charge in [0.25, 0.3) is 0 Å². The zero-order valence-corrected chi connectivity index (χ0v) is 12.8. The first-order valence-electron chi connectivity index (χ1n) is 6.51. The van der Waals surface area contributed by atoms with Crippen molar-refractivity contribution in [2.45, 2.75) is 36.6 Å². The maximum absolute atomic E-state index is 12.5. The SMILES string of the molecule is CC1(NS(=O)(=O)c2ccc3ncsc3c2)CC=CCC1. The number of nitrogens with zero attached hydrogens (tertiary/aromatic N) is 1. The van der Waals surface area contributed by atoms with Crippen molar-refractivity contribution in [1.82, 2.24) is 9.71 Å². The highest BCUT2D eigenvalue weighted by molar-refractivity contribution is 7.89. The molecule has 2 aromatic rings. The average molecular weight is 308 g/mol. The molecule has 1 aromatic carbocycles. The van der Waals surface area contributed by atoms with Crippen LogP contribution in [-0.2, 0) is 10.0 Å². The van der Waals surface area contributed by atoms with E-state index in [0.717, 1.165) is 29.5 Å². The Bertz CT molecular complexity index is 764. The third-order valence-electron chi connectivity index (χ3n) is 3.59. The van der Waals surface area contributed by atoms with E-state index in [9.17, 15) is 8.42 Å². The standard InChI is InChI=1S/C14H16N2O2S2/c1-14(7-3-2-4-8-14)16-20(17,18)11-5-6-12-13(9-11)19-10-15-12/h2-3,5-6,9-10,16H,4,7-8H2,1H3. The number of thiazole rings is 1. The molecule has 1 heterocycles. The molecule has 20 heavy (non-hydrogen) atoms. The van der Waals surface area contributed by atoms with Gasteiger partial charge in [0, 0.05) is 5.54 Å². The van der Waals surface area contributed by atoms with Crippen molar-refractivity contribution in [3.8, 4) is 0 Å². The van der Waals surface area contributed by atoms with Gasteiger partial charge in [-0.1, -0.05) is 12.2 Å². The Morgan fingerprint density at radius 3 is 2.95 bits per heavy atom. The molecule has 6 heteroatoms. The van der Waals surface area contributed by atoms with Crippen LogP contribution < -0.4 is 4.72 Å². The second-order valence-electron chi connectivity index (χ2n) is 5.36. The van der Waals surface area contributed by atoms with Gasteiger partial charge in [-0.3, -0.25) is 0 Å². The number of hydrogen-bond donors (Lipinski definition) is 1. The largest absolute Gasteiger partial charge is 0.245 e. The Kier molecular flexibility index (Phi) is 3.40. The van der Waals surface area contributed by atoms with E-state index in [1.807, 2.05) is 13.0 Å². The summed E-state index contributed by atoms with van der Waals surface area (Å²) in [4.78, 5) is 4.48. The van der Waals surface area contributed by atoms with Crippen LogP contribution in [0, 0.1) is 0 Å². The predicted octanol–water partition coefficient (Wildman–Crippen LogP) is 3.07. The van der Waals surface area contributed by atoms with E-state index in [-0.39, 0.29) is 0 Å². The third-order valence-corrected chi connectivity index (χ3v) is 6.02. The molecule has 1 N–H and O–H groups in total. The van der Waals surface area contributed by atoms with E-state index in [1.165, 1.54) is 11.3 Å². The summed E-state index contributed by atoms with van der Waals surface area (Å²) in [5, 5.41) is 0. The summed E-state index contributed by atoms with van der Waals surface area (Å²) in [5.74, 6) is 0. The summed E-state index contributed by atoms with van der Waals surface area (Å²) in [7, 11) is -3.49. The van der Waals surface area contributed by atoms with Crippen LogP contribution >= 0.6 is 11.3 Å². The fourth-order valence-electron chi connectivity index (χ4n) is 2.44. The number of fused-ring (bicyclic) bond motifs is 1. The van der Waals surface area contributed by atoms with Crippen LogP contribution in [0.5, 0.6) is 0 Å². The van der Waals surface area contributed by atoms with Crippen molar-refractivity contribution >= 4 is 31.6 Å². The van der Waals surface area contributed by atoms with Crippen molar-refractivity contribution in [1.29, 1.82) is 0 Å². The summed E-state index contributed by atoms with van der Waals surface area (Å²) < 4.78 is 28.8. The number of benzene rings is 1. The summed E-state index contributed by atoms with van der Waals surface area (Å²) in [6.45, 7) is 1.96. The van der Waals surface area contributed by atoms with Gasteiger partial charge < -0.3 is 0 Å². The molecule has 3 rings (SSSR count). The molecule has 0 saturated heterocycles. The van der Waals surface area contributed by atoms with Crippen LogP contribution in [0.15, 0.2) is 40.8 Å². The highest BCUT2D eigenvalue weighted by Crippen LogP contribution is 2.27. The Labute approximate surface area is 122 Å². The van der Waals surface area contributed by atoms with Crippen LogP contribution in [-0.4, -0.2) is 18.9 Å². The quantitative estimate of drug-likeness (QED) is 0.887. The lowest BCUT2D eigenvalue weighted by atomic mass is 9.89. The Hall–Kier alpha value is -1.24. The number of nitrogens with one attached hydrogen (secondary N) is 1. The Balaban J connectivity index is 1.92. The van der Waals surface area contributed by atoms with Gasteiger partial charge in [-0.15, -0.1) is 11.3 Å². The van der Waals surface area contributed by atoms with Crippen molar-refractivity contribution in [2.24, 2.45) is 0 Å². The molecule has 4 nitrogen and oxygen atoms in total. The van der Waals surface area contributed by atoms with Crippen LogP contribution in [0.2, 0.25) is 0 Å². The van der Waals surface area contributed by atoms with Gasteiger partial charge in [-0.25, -0.2) is 18.1 Å². The molecule has 1 unspecified atom stereocenters. The lowest BCUT2D eigenvalue weighted by Crippen LogP contribution is -2.46. The third kappa shape index (κ3) is 2.63. The number of aromatic nitrogens is 1. The van der Waals surface area contributed by atoms with E-state index in [4.69, 9.17) is 0 Å². The van der Waals surface area contributed by atoms with Crippen LogP contribution in [0.1, 0.15) is 26.2 Å². The predicted molar refractivity (Wildman–Crippen MR) is 81.3 cm³/mol. The van der Waals surface area contributed by atoms with Gasteiger partial charge in [0.1, 0.15) is 0 Å². The molecular formula is C14H16N2O2S2. The summed E-state index contributed by atoms with van der Waals surface area (Å²) in [6.07, 6.45) is 6.60. The fraction of sp³-hybridized carbons (Fsp3) is 0.357. The molecule has 0 fully saturated rings. The molecule has 0 spiro atoms. The second-order valence-corrected chi connectivity index (χ2v) is 7.93. The monoisotopic (exact) mass is 308 g/mol. The first kappa shape index (κ1) is 13.7. The molecule has 1 aromatic heterocycles. The minimum Gasteiger partial charge on any atom is -0.245 e. The average Bonchev–Trinajstić information content (AvgIpc) is 2.85. The molecule has 0 radical (unpaired) electrons. The fourth-order valence-corrected chi connectivity index (χ4v) is 4.71. The summed E-state index contributed by atoms with van der Waals surface area (Å²) in [6, 6.07) is 5.06. The summed E-state index contributed by atoms with van der Waals surface area (Å²) in [5.41, 5.74) is 2.17. The maximum atomic E-state index is 12.5.